The predicted octanol–water partition coefficient (Wildman–Crippen LogP) is 6.20. The van der Waals surface area contributed by atoms with Gasteiger partial charge in [-0.1, -0.05) is 58.0 Å². The van der Waals surface area contributed by atoms with Crippen LogP contribution in [0.2, 0.25) is 0 Å². The fourth-order valence-electron chi connectivity index (χ4n) is 3.84. The second kappa shape index (κ2) is 12.7. The number of aliphatic carboxylic acids is 1. The molecule has 0 aromatic heterocycles. The third kappa shape index (κ3) is 8.25. The van der Waals surface area contributed by atoms with Crippen molar-refractivity contribution in [2.75, 3.05) is 5.75 Å². The first kappa shape index (κ1) is 25.9. The molecule has 0 bridgehead atoms. The van der Waals surface area contributed by atoms with E-state index in [9.17, 15) is 14.4 Å². The van der Waals surface area contributed by atoms with Crippen LogP contribution in [0.25, 0.3) is 12.2 Å². The molecular weight excluding hydrogens is 472 g/mol. The van der Waals surface area contributed by atoms with Gasteiger partial charge in [0.05, 0.1) is 0 Å². The molecule has 2 aromatic rings. The van der Waals surface area contributed by atoms with Crippen molar-refractivity contribution < 1.29 is 29.0 Å². The van der Waals surface area contributed by atoms with Gasteiger partial charge in [-0.25, -0.2) is 0 Å². The maximum Gasteiger partial charge on any atom is 0.308 e. The summed E-state index contributed by atoms with van der Waals surface area (Å²) < 4.78 is 10.3. The number of carbonyl (C=O) groups is 3. The Bertz CT molecular complexity index is 1010. The Labute approximate surface area is 207 Å². The molecule has 1 saturated heterocycles. The van der Waals surface area contributed by atoms with Crippen molar-refractivity contribution in [2.24, 2.45) is 0 Å². The van der Waals surface area contributed by atoms with E-state index >= 15 is 0 Å². The normalized spacial score (nSPS) is 16.4. The molecule has 2 aromatic carbocycles. The van der Waals surface area contributed by atoms with Gasteiger partial charge in [-0.3, -0.25) is 14.4 Å². The van der Waals surface area contributed by atoms with Crippen molar-refractivity contribution in [1.29, 1.82) is 0 Å². The van der Waals surface area contributed by atoms with Gasteiger partial charge in [-0.2, -0.15) is 0 Å². The Morgan fingerprint density at radius 1 is 1.00 bits per heavy atom. The molecule has 1 heterocycles. The minimum atomic E-state index is -0.748. The van der Waals surface area contributed by atoms with Gasteiger partial charge >= 0.3 is 17.9 Å². The van der Waals surface area contributed by atoms with Crippen LogP contribution in [-0.4, -0.2) is 34.0 Å². The first-order valence-corrected chi connectivity index (χ1v) is 13.5. The molecule has 0 radical (unpaired) electrons. The van der Waals surface area contributed by atoms with Crippen molar-refractivity contribution in [2.45, 2.75) is 50.7 Å². The van der Waals surface area contributed by atoms with Crippen molar-refractivity contribution in [3.8, 4) is 11.5 Å². The van der Waals surface area contributed by atoms with Crippen LogP contribution in [0.5, 0.6) is 11.5 Å². The maximum atomic E-state index is 11.3. The predicted molar refractivity (Wildman–Crippen MR) is 137 cm³/mol. The molecule has 180 valence electrons. The van der Waals surface area contributed by atoms with E-state index in [4.69, 9.17) is 14.6 Å². The van der Waals surface area contributed by atoms with Gasteiger partial charge in [-0.15, -0.1) is 0 Å². The van der Waals surface area contributed by atoms with Crippen molar-refractivity contribution in [3.05, 3.63) is 59.2 Å². The highest BCUT2D eigenvalue weighted by atomic mass is 33.1. The quantitative estimate of drug-likeness (QED) is 0.178. The summed E-state index contributed by atoms with van der Waals surface area (Å²) in [7, 11) is 3.80. The number of hydrogen-bond acceptors (Lipinski definition) is 7. The van der Waals surface area contributed by atoms with Crippen LogP contribution in [0.1, 0.15) is 62.1 Å². The largest absolute Gasteiger partial charge is 0.481 e. The third-order valence-electron chi connectivity index (χ3n) is 5.29. The highest BCUT2D eigenvalue weighted by Gasteiger charge is 2.27. The zero-order valence-corrected chi connectivity index (χ0v) is 20.8. The van der Waals surface area contributed by atoms with E-state index in [-0.39, 0.29) is 6.42 Å². The number of carboxylic acids is 1. The van der Waals surface area contributed by atoms with Crippen LogP contribution in [0.4, 0.5) is 0 Å². The van der Waals surface area contributed by atoms with E-state index in [1.54, 1.807) is 12.1 Å². The SMILES string of the molecule is CC(=O)Oc1cc(/C=C/c2ccc(C(CCCC(=O)O)C3CCSS3)cc2)cc(OC(C)=O)c1. The maximum absolute atomic E-state index is 11.3. The van der Waals surface area contributed by atoms with Gasteiger partial charge in [0.25, 0.3) is 0 Å². The second-order valence-electron chi connectivity index (χ2n) is 8.06. The highest BCUT2D eigenvalue weighted by molar-refractivity contribution is 8.77. The molecule has 6 nitrogen and oxygen atoms in total. The summed E-state index contributed by atoms with van der Waals surface area (Å²) in [4.78, 5) is 33.6. The Morgan fingerprint density at radius 3 is 2.15 bits per heavy atom. The van der Waals surface area contributed by atoms with Crippen LogP contribution in [0, 0.1) is 0 Å². The lowest BCUT2D eigenvalue weighted by atomic mass is 9.88. The lowest BCUT2D eigenvalue weighted by molar-refractivity contribution is -0.137. The van der Waals surface area contributed by atoms with Gasteiger partial charge in [0, 0.05) is 37.3 Å². The van der Waals surface area contributed by atoms with E-state index < -0.39 is 17.9 Å². The summed E-state index contributed by atoms with van der Waals surface area (Å²) in [5.74, 6) is 0.415. The number of benzene rings is 2. The van der Waals surface area contributed by atoms with E-state index in [1.807, 2.05) is 45.9 Å². The smallest absolute Gasteiger partial charge is 0.308 e. The summed E-state index contributed by atoms with van der Waals surface area (Å²) >= 11 is 0. The van der Waals surface area contributed by atoms with Crippen LogP contribution in [0.15, 0.2) is 42.5 Å². The summed E-state index contributed by atoms with van der Waals surface area (Å²) in [5, 5.41) is 9.51. The highest BCUT2D eigenvalue weighted by Crippen LogP contribution is 2.46. The molecular formula is C26H28O6S2. The molecule has 1 fully saturated rings. The molecule has 8 heteroatoms. The summed E-state index contributed by atoms with van der Waals surface area (Å²) in [6, 6.07) is 13.2. The topological polar surface area (TPSA) is 89.9 Å². The van der Waals surface area contributed by atoms with Crippen LogP contribution < -0.4 is 9.47 Å². The van der Waals surface area contributed by atoms with E-state index in [0.29, 0.717) is 29.1 Å². The molecule has 3 rings (SSSR count). The summed E-state index contributed by atoms with van der Waals surface area (Å²) in [6.07, 6.45) is 6.67. The standard InChI is InChI=1S/C26H28O6S2/c1-17(27)31-22-14-20(15-23(16-22)32-18(2)28)7-6-19-8-10-21(11-9-19)24(4-3-5-26(29)30)25-12-13-33-34-25/h6-11,14-16,24-25H,3-5,12-13H2,1-2H3,(H,29,30)/b7-6+. The fraction of sp³-hybridized carbons (Fsp3) is 0.346. The fourth-order valence-corrected chi connectivity index (χ4v) is 7.05. The number of ether oxygens (including phenoxy) is 2. The van der Waals surface area contributed by atoms with E-state index in [1.165, 1.54) is 25.5 Å². The van der Waals surface area contributed by atoms with Gasteiger partial charge in [0.15, 0.2) is 0 Å². The first-order chi connectivity index (χ1) is 16.3. The van der Waals surface area contributed by atoms with Crippen LogP contribution in [-0.2, 0) is 14.4 Å². The average molecular weight is 501 g/mol. The summed E-state index contributed by atoms with van der Waals surface area (Å²) in [6.45, 7) is 2.63. The molecule has 2 atom stereocenters. The lowest BCUT2D eigenvalue weighted by Crippen LogP contribution is -2.13. The molecule has 0 saturated carbocycles. The first-order valence-electron chi connectivity index (χ1n) is 11.1. The minimum Gasteiger partial charge on any atom is -0.481 e. The molecule has 0 aliphatic carbocycles. The number of carbonyl (C=O) groups excluding carboxylic acids is 2. The third-order valence-corrected chi connectivity index (χ3v) is 8.29. The Kier molecular flexibility index (Phi) is 9.65. The molecule has 34 heavy (non-hydrogen) atoms. The zero-order valence-electron chi connectivity index (χ0n) is 19.2. The summed E-state index contributed by atoms with van der Waals surface area (Å²) in [5.41, 5.74) is 2.95. The Morgan fingerprint density at radius 2 is 1.62 bits per heavy atom. The van der Waals surface area contributed by atoms with Crippen LogP contribution >= 0.6 is 21.6 Å². The molecule has 0 spiro atoms. The van der Waals surface area contributed by atoms with Gasteiger partial charge in [-0.05, 0) is 54.0 Å². The van der Waals surface area contributed by atoms with E-state index in [2.05, 4.69) is 12.1 Å². The average Bonchev–Trinajstić information content (AvgIpc) is 3.29. The molecule has 2 unspecified atom stereocenters. The minimum absolute atomic E-state index is 0.198. The molecule has 1 aliphatic heterocycles. The van der Waals surface area contributed by atoms with Crippen molar-refractivity contribution in [3.63, 3.8) is 0 Å². The van der Waals surface area contributed by atoms with Crippen LogP contribution in [0.3, 0.4) is 0 Å². The number of esters is 2. The molecule has 0 amide bonds. The van der Waals surface area contributed by atoms with Gasteiger partial charge in [0.1, 0.15) is 11.5 Å². The Hall–Kier alpha value is -2.71. The Balaban J connectivity index is 1.75. The lowest BCUT2D eigenvalue weighted by Gasteiger charge is -2.22. The van der Waals surface area contributed by atoms with Gasteiger partial charge < -0.3 is 14.6 Å². The number of rotatable bonds is 10. The van der Waals surface area contributed by atoms with Crippen molar-refractivity contribution in [1.82, 2.24) is 0 Å². The second-order valence-corrected chi connectivity index (χ2v) is 10.8. The zero-order chi connectivity index (χ0) is 24.5. The van der Waals surface area contributed by atoms with Crippen molar-refractivity contribution >= 4 is 51.6 Å². The number of carboxylic acid groups (broad SMARTS) is 1. The van der Waals surface area contributed by atoms with E-state index in [0.717, 1.165) is 29.7 Å². The molecule has 1 aliphatic rings. The number of hydrogen-bond donors (Lipinski definition) is 1. The van der Waals surface area contributed by atoms with Gasteiger partial charge in [0.2, 0.25) is 0 Å². The monoisotopic (exact) mass is 500 g/mol. The molecule has 1 N–H and O–H groups in total.